The van der Waals surface area contributed by atoms with Gasteiger partial charge in [-0.15, -0.1) is 0 Å². The van der Waals surface area contributed by atoms with Gasteiger partial charge >= 0.3 is 5.97 Å². The molecule has 1 rings (SSSR count). The summed E-state index contributed by atoms with van der Waals surface area (Å²) in [6.45, 7) is 2.07. The first-order valence-electron chi connectivity index (χ1n) is 4.94. The second kappa shape index (κ2) is 6.33. The molecular weight excluding hydrogens is 272 g/mol. The van der Waals surface area contributed by atoms with Crippen molar-refractivity contribution in [3.8, 4) is 5.75 Å². The number of para-hydroxylation sites is 1. The van der Waals surface area contributed by atoms with Crippen molar-refractivity contribution in [2.45, 2.75) is 13.3 Å². The lowest BCUT2D eigenvalue weighted by atomic mass is 10.2. The fourth-order valence-electron chi connectivity index (χ4n) is 1.18. The van der Waals surface area contributed by atoms with E-state index in [1.54, 1.807) is 13.0 Å². The van der Waals surface area contributed by atoms with E-state index in [1.165, 1.54) is 0 Å². The average Bonchev–Trinajstić information content (AvgIpc) is 2.26. The van der Waals surface area contributed by atoms with Gasteiger partial charge in [-0.2, -0.15) is 0 Å². The zero-order valence-corrected chi connectivity index (χ0v) is 10.5. The third-order valence-electron chi connectivity index (χ3n) is 2.06. The highest BCUT2D eigenvalue weighted by Crippen LogP contribution is 2.23. The van der Waals surface area contributed by atoms with E-state index in [1.807, 2.05) is 24.3 Å². The predicted octanol–water partition coefficient (Wildman–Crippen LogP) is 3.25. The lowest BCUT2D eigenvalue weighted by Gasteiger charge is -2.05. The number of hydrogen-bond acceptors (Lipinski definition) is 2. The molecule has 0 aliphatic carbocycles. The molecule has 0 heterocycles. The molecule has 0 aliphatic heterocycles. The molecule has 1 aromatic rings. The zero-order chi connectivity index (χ0) is 12.0. The van der Waals surface area contributed by atoms with Crippen LogP contribution in [0, 0.1) is 0 Å². The van der Waals surface area contributed by atoms with Gasteiger partial charge in [0.1, 0.15) is 12.4 Å². The van der Waals surface area contributed by atoms with Crippen LogP contribution in [0.15, 0.2) is 40.4 Å². The van der Waals surface area contributed by atoms with E-state index in [0.717, 1.165) is 4.47 Å². The fraction of sp³-hybridized carbons (Fsp3) is 0.250. The monoisotopic (exact) mass is 284 g/mol. The largest absolute Gasteiger partial charge is 0.488 e. The molecule has 0 atom stereocenters. The molecule has 0 aromatic heterocycles. The Balaban J connectivity index is 2.59. The molecule has 3 nitrogen and oxygen atoms in total. The molecule has 0 radical (unpaired) electrons. The van der Waals surface area contributed by atoms with E-state index in [-0.39, 0.29) is 6.61 Å². The molecule has 1 aromatic carbocycles. The highest BCUT2D eigenvalue weighted by atomic mass is 79.9. The summed E-state index contributed by atoms with van der Waals surface area (Å²) in [5, 5.41) is 8.79. The van der Waals surface area contributed by atoms with Crippen molar-refractivity contribution >= 4 is 21.9 Å². The van der Waals surface area contributed by atoms with E-state index < -0.39 is 5.97 Å². The maximum Gasteiger partial charge on any atom is 0.331 e. The third kappa shape index (κ3) is 3.70. The van der Waals surface area contributed by atoms with Gasteiger partial charge < -0.3 is 9.84 Å². The summed E-state index contributed by atoms with van der Waals surface area (Å²) < 4.78 is 6.29. The Morgan fingerprint density at radius 1 is 1.50 bits per heavy atom. The smallest absolute Gasteiger partial charge is 0.331 e. The molecule has 0 amide bonds. The van der Waals surface area contributed by atoms with Gasteiger partial charge in [-0.25, -0.2) is 4.79 Å². The predicted molar refractivity (Wildman–Crippen MR) is 65.6 cm³/mol. The molecule has 0 unspecified atom stereocenters. The van der Waals surface area contributed by atoms with E-state index >= 15 is 0 Å². The van der Waals surface area contributed by atoms with Gasteiger partial charge in [0, 0.05) is 5.57 Å². The average molecular weight is 285 g/mol. The number of carboxylic acids is 1. The number of halogens is 1. The highest BCUT2D eigenvalue weighted by Gasteiger charge is 2.03. The summed E-state index contributed by atoms with van der Waals surface area (Å²) in [4.78, 5) is 10.7. The summed E-state index contributed by atoms with van der Waals surface area (Å²) in [5.41, 5.74) is 0.368. The van der Waals surface area contributed by atoms with Gasteiger partial charge in [0.05, 0.1) is 4.47 Å². The Morgan fingerprint density at radius 2 is 2.19 bits per heavy atom. The van der Waals surface area contributed by atoms with E-state index in [4.69, 9.17) is 9.84 Å². The lowest BCUT2D eigenvalue weighted by Crippen LogP contribution is -2.03. The SMILES string of the molecule is CCC(=CCOc1ccccc1Br)C(=O)O. The van der Waals surface area contributed by atoms with Crippen LogP contribution in [0.3, 0.4) is 0 Å². The summed E-state index contributed by atoms with van der Waals surface area (Å²) >= 11 is 3.35. The number of carboxylic acid groups (broad SMARTS) is 1. The number of hydrogen-bond donors (Lipinski definition) is 1. The van der Waals surface area contributed by atoms with Crippen LogP contribution in [0.1, 0.15) is 13.3 Å². The van der Waals surface area contributed by atoms with Crippen molar-refractivity contribution in [2.75, 3.05) is 6.61 Å². The number of benzene rings is 1. The van der Waals surface area contributed by atoms with Crippen LogP contribution in [0.4, 0.5) is 0 Å². The first-order chi connectivity index (χ1) is 7.65. The molecule has 0 bridgehead atoms. The van der Waals surface area contributed by atoms with Crippen LogP contribution in [0.5, 0.6) is 5.75 Å². The van der Waals surface area contributed by atoms with Crippen LogP contribution >= 0.6 is 15.9 Å². The van der Waals surface area contributed by atoms with E-state index in [2.05, 4.69) is 15.9 Å². The van der Waals surface area contributed by atoms with Crippen molar-refractivity contribution in [1.82, 2.24) is 0 Å². The van der Waals surface area contributed by atoms with E-state index in [0.29, 0.717) is 17.7 Å². The lowest BCUT2D eigenvalue weighted by molar-refractivity contribution is -0.132. The Hall–Kier alpha value is -1.29. The van der Waals surface area contributed by atoms with Crippen molar-refractivity contribution in [2.24, 2.45) is 0 Å². The molecular formula is C12H13BrO3. The second-order valence-corrected chi connectivity index (χ2v) is 3.98. The van der Waals surface area contributed by atoms with Crippen molar-refractivity contribution < 1.29 is 14.6 Å². The van der Waals surface area contributed by atoms with Gasteiger partial charge in [-0.1, -0.05) is 19.1 Å². The fourth-order valence-corrected chi connectivity index (χ4v) is 1.58. The van der Waals surface area contributed by atoms with E-state index in [9.17, 15) is 4.79 Å². The molecule has 0 spiro atoms. The van der Waals surface area contributed by atoms with Crippen molar-refractivity contribution in [3.05, 3.63) is 40.4 Å². The van der Waals surface area contributed by atoms with Gasteiger partial charge in [0.25, 0.3) is 0 Å². The van der Waals surface area contributed by atoms with Crippen LogP contribution in [0.2, 0.25) is 0 Å². The number of carbonyl (C=O) groups is 1. The summed E-state index contributed by atoms with van der Waals surface area (Å²) in [7, 11) is 0. The number of aliphatic carboxylic acids is 1. The molecule has 16 heavy (non-hydrogen) atoms. The topological polar surface area (TPSA) is 46.5 Å². The molecule has 0 saturated carbocycles. The van der Waals surface area contributed by atoms with Gasteiger partial charge in [0.2, 0.25) is 0 Å². The number of ether oxygens (including phenoxy) is 1. The molecule has 0 fully saturated rings. The number of rotatable bonds is 5. The Bertz CT molecular complexity index is 399. The summed E-state index contributed by atoms with van der Waals surface area (Å²) in [6, 6.07) is 7.45. The van der Waals surface area contributed by atoms with Crippen LogP contribution < -0.4 is 4.74 Å². The van der Waals surface area contributed by atoms with Crippen molar-refractivity contribution in [1.29, 1.82) is 0 Å². The van der Waals surface area contributed by atoms with Gasteiger partial charge in [-0.3, -0.25) is 0 Å². The van der Waals surface area contributed by atoms with Gasteiger partial charge in [0.15, 0.2) is 0 Å². The standard InChI is InChI=1S/C12H13BrO3/c1-2-9(12(14)15)7-8-16-11-6-4-3-5-10(11)13/h3-7H,2,8H2,1H3,(H,14,15). The maximum absolute atomic E-state index is 10.7. The molecule has 86 valence electrons. The minimum absolute atomic E-state index is 0.262. The quantitative estimate of drug-likeness (QED) is 0.845. The highest BCUT2D eigenvalue weighted by molar-refractivity contribution is 9.10. The van der Waals surface area contributed by atoms with Crippen molar-refractivity contribution in [3.63, 3.8) is 0 Å². The minimum Gasteiger partial charge on any atom is -0.488 e. The maximum atomic E-state index is 10.7. The Kier molecular flexibility index (Phi) is 5.05. The Morgan fingerprint density at radius 3 is 2.75 bits per heavy atom. The molecule has 0 saturated heterocycles. The summed E-state index contributed by atoms with van der Waals surface area (Å²) in [5.74, 6) is -0.183. The first-order valence-corrected chi connectivity index (χ1v) is 5.74. The van der Waals surface area contributed by atoms with Crippen LogP contribution in [-0.4, -0.2) is 17.7 Å². The Labute approximate surface area is 103 Å². The second-order valence-electron chi connectivity index (χ2n) is 3.13. The summed E-state index contributed by atoms with van der Waals surface area (Å²) in [6.07, 6.45) is 2.08. The first kappa shape index (κ1) is 12.8. The van der Waals surface area contributed by atoms with Crippen LogP contribution in [-0.2, 0) is 4.79 Å². The third-order valence-corrected chi connectivity index (χ3v) is 2.72. The molecule has 4 heteroatoms. The van der Waals surface area contributed by atoms with Gasteiger partial charge in [-0.05, 0) is 40.6 Å². The van der Waals surface area contributed by atoms with Crippen LogP contribution in [0.25, 0.3) is 0 Å². The normalized spacial score (nSPS) is 11.2. The molecule has 1 N–H and O–H groups in total. The minimum atomic E-state index is -0.891. The zero-order valence-electron chi connectivity index (χ0n) is 8.94. The molecule has 0 aliphatic rings.